The number of nitrogens with zero attached hydrogens (tertiary/aromatic N) is 4. The lowest BCUT2D eigenvalue weighted by Gasteiger charge is -2.32. The molecule has 24 heavy (non-hydrogen) atoms. The third-order valence-corrected chi connectivity index (χ3v) is 4.39. The van der Waals surface area contributed by atoms with Gasteiger partial charge in [-0.3, -0.25) is 9.67 Å². The van der Waals surface area contributed by atoms with E-state index in [1.54, 1.807) is 0 Å². The highest BCUT2D eigenvalue weighted by molar-refractivity contribution is 5.80. The van der Waals surface area contributed by atoms with Gasteiger partial charge in [0.2, 0.25) is 0 Å². The van der Waals surface area contributed by atoms with Crippen molar-refractivity contribution in [3.8, 4) is 0 Å². The average molecular weight is 335 g/mol. The SMILES string of the molecule is CCCN1CCC(NC(=NCCCn2cc(C)cn2)NCC)CC1. The summed E-state index contributed by atoms with van der Waals surface area (Å²) in [5, 5.41) is 11.3. The van der Waals surface area contributed by atoms with Crippen molar-refractivity contribution in [2.75, 3.05) is 32.7 Å². The maximum Gasteiger partial charge on any atom is 0.191 e. The number of nitrogens with one attached hydrogen (secondary N) is 2. The molecular weight excluding hydrogens is 300 g/mol. The third kappa shape index (κ3) is 6.51. The summed E-state index contributed by atoms with van der Waals surface area (Å²) in [7, 11) is 0. The molecule has 1 aliphatic heterocycles. The number of aryl methyl sites for hydroxylation is 2. The first-order valence-electron chi connectivity index (χ1n) is 9.47. The predicted octanol–water partition coefficient (Wildman–Crippen LogP) is 2.01. The fourth-order valence-corrected chi connectivity index (χ4v) is 3.14. The Morgan fingerprint density at radius 1 is 1.29 bits per heavy atom. The molecule has 6 nitrogen and oxygen atoms in total. The van der Waals surface area contributed by atoms with Crippen molar-refractivity contribution in [2.24, 2.45) is 4.99 Å². The zero-order valence-corrected chi connectivity index (χ0v) is 15.6. The molecule has 2 rings (SSSR count). The van der Waals surface area contributed by atoms with E-state index in [1.807, 2.05) is 10.9 Å². The van der Waals surface area contributed by atoms with E-state index in [9.17, 15) is 0 Å². The summed E-state index contributed by atoms with van der Waals surface area (Å²) in [5.74, 6) is 0.961. The molecule has 0 radical (unpaired) electrons. The van der Waals surface area contributed by atoms with E-state index < -0.39 is 0 Å². The molecule has 2 N–H and O–H groups in total. The maximum absolute atomic E-state index is 4.72. The quantitative estimate of drug-likeness (QED) is 0.434. The molecule has 0 spiro atoms. The molecule has 0 saturated carbocycles. The Kier molecular flexibility index (Phi) is 8.08. The standard InChI is InChI=1S/C18H34N6/c1-4-10-23-12-7-17(8-13-23)22-18(19-5-2)20-9-6-11-24-15-16(3)14-21-24/h14-15,17H,4-13H2,1-3H3,(H2,19,20,22). The molecule has 0 aromatic carbocycles. The van der Waals surface area contributed by atoms with Gasteiger partial charge in [0, 0.05) is 45.0 Å². The first-order chi connectivity index (χ1) is 11.7. The number of likely N-dealkylation sites (tertiary alicyclic amines) is 1. The van der Waals surface area contributed by atoms with E-state index >= 15 is 0 Å². The number of aromatic nitrogens is 2. The molecule has 1 fully saturated rings. The molecular formula is C18H34N6. The van der Waals surface area contributed by atoms with Crippen molar-refractivity contribution in [1.82, 2.24) is 25.3 Å². The molecule has 1 aromatic heterocycles. The molecule has 2 heterocycles. The Morgan fingerprint density at radius 3 is 2.71 bits per heavy atom. The lowest BCUT2D eigenvalue weighted by Crippen LogP contribution is -2.48. The monoisotopic (exact) mass is 334 g/mol. The van der Waals surface area contributed by atoms with Gasteiger partial charge in [-0.2, -0.15) is 5.10 Å². The molecule has 6 heteroatoms. The number of rotatable bonds is 8. The lowest BCUT2D eigenvalue weighted by atomic mass is 10.1. The fraction of sp³-hybridized carbons (Fsp3) is 0.778. The van der Waals surface area contributed by atoms with Gasteiger partial charge in [-0.1, -0.05) is 6.92 Å². The molecule has 1 aliphatic rings. The van der Waals surface area contributed by atoms with Gasteiger partial charge in [0.25, 0.3) is 0 Å². The van der Waals surface area contributed by atoms with Crippen LogP contribution in [-0.2, 0) is 6.54 Å². The minimum absolute atomic E-state index is 0.546. The Hall–Kier alpha value is -1.56. The van der Waals surface area contributed by atoms with Crippen LogP contribution in [0.5, 0.6) is 0 Å². The van der Waals surface area contributed by atoms with Gasteiger partial charge in [-0.05, 0) is 51.6 Å². The summed E-state index contributed by atoms with van der Waals surface area (Å²) in [6, 6.07) is 0.546. The van der Waals surface area contributed by atoms with Gasteiger partial charge in [0.15, 0.2) is 5.96 Å². The number of piperidine rings is 1. The minimum Gasteiger partial charge on any atom is -0.357 e. The van der Waals surface area contributed by atoms with Gasteiger partial charge in [-0.25, -0.2) is 0 Å². The van der Waals surface area contributed by atoms with Crippen LogP contribution in [0.25, 0.3) is 0 Å². The van der Waals surface area contributed by atoms with Crippen LogP contribution in [0.2, 0.25) is 0 Å². The van der Waals surface area contributed by atoms with E-state index in [1.165, 1.54) is 44.5 Å². The summed E-state index contributed by atoms with van der Waals surface area (Å²) in [5.41, 5.74) is 1.21. The van der Waals surface area contributed by atoms with Gasteiger partial charge in [0.05, 0.1) is 6.20 Å². The Bertz CT molecular complexity index is 487. The predicted molar refractivity (Wildman–Crippen MR) is 100 cm³/mol. The fourth-order valence-electron chi connectivity index (χ4n) is 3.14. The second kappa shape index (κ2) is 10.3. The molecule has 0 bridgehead atoms. The van der Waals surface area contributed by atoms with Crippen LogP contribution in [0, 0.1) is 6.92 Å². The molecule has 0 atom stereocenters. The molecule has 0 unspecified atom stereocenters. The van der Waals surface area contributed by atoms with Crippen LogP contribution in [-0.4, -0.2) is 59.4 Å². The van der Waals surface area contributed by atoms with E-state index in [-0.39, 0.29) is 0 Å². The van der Waals surface area contributed by atoms with E-state index in [0.29, 0.717) is 6.04 Å². The van der Waals surface area contributed by atoms with Crippen molar-refractivity contribution < 1.29 is 0 Å². The number of hydrogen-bond donors (Lipinski definition) is 2. The largest absolute Gasteiger partial charge is 0.357 e. The summed E-state index contributed by atoms with van der Waals surface area (Å²) in [6.07, 6.45) is 8.65. The molecule has 0 amide bonds. The van der Waals surface area contributed by atoms with E-state index in [4.69, 9.17) is 4.99 Å². The van der Waals surface area contributed by atoms with Crippen LogP contribution in [0.4, 0.5) is 0 Å². The zero-order valence-electron chi connectivity index (χ0n) is 15.6. The van der Waals surface area contributed by atoms with E-state index in [2.05, 4.69) is 47.6 Å². The third-order valence-electron chi connectivity index (χ3n) is 4.39. The van der Waals surface area contributed by atoms with Gasteiger partial charge in [-0.15, -0.1) is 0 Å². The second-order valence-corrected chi connectivity index (χ2v) is 6.66. The van der Waals surface area contributed by atoms with Crippen LogP contribution in [0.1, 0.15) is 45.1 Å². The first kappa shape index (κ1) is 18.8. The van der Waals surface area contributed by atoms with Crippen molar-refractivity contribution in [2.45, 2.75) is 59.0 Å². The van der Waals surface area contributed by atoms with Crippen LogP contribution >= 0.6 is 0 Å². The smallest absolute Gasteiger partial charge is 0.191 e. The topological polar surface area (TPSA) is 57.5 Å². The minimum atomic E-state index is 0.546. The van der Waals surface area contributed by atoms with Crippen molar-refractivity contribution in [3.63, 3.8) is 0 Å². The Morgan fingerprint density at radius 2 is 2.08 bits per heavy atom. The van der Waals surface area contributed by atoms with Crippen molar-refractivity contribution in [1.29, 1.82) is 0 Å². The summed E-state index contributed by atoms with van der Waals surface area (Å²) in [4.78, 5) is 7.29. The highest BCUT2D eigenvalue weighted by Gasteiger charge is 2.19. The van der Waals surface area contributed by atoms with Crippen LogP contribution in [0.3, 0.4) is 0 Å². The molecule has 136 valence electrons. The van der Waals surface area contributed by atoms with Gasteiger partial charge < -0.3 is 15.5 Å². The van der Waals surface area contributed by atoms with E-state index in [0.717, 1.165) is 32.0 Å². The summed E-state index contributed by atoms with van der Waals surface area (Å²) in [6.45, 7) is 12.7. The van der Waals surface area contributed by atoms with Crippen LogP contribution in [0.15, 0.2) is 17.4 Å². The highest BCUT2D eigenvalue weighted by atomic mass is 15.3. The summed E-state index contributed by atoms with van der Waals surface area (Å²) >= 11 is 0. The average Bonchev–Trinajstić information content (AvgIpc) is 2.99. The maximum atomic E-state index is 4.72. The zero-order chi connectivity index (χ0) is 17.2. The molecule has 0 aliphatic carbocycles. The summed E-state index contributed by atoms with van der Waals surface area (Å²) < 4.78 is 1.99. The Labute approximate surface area is 146 Å². The van der Waals surface area contributed by atoms with Crippen LogP contribution < -0.4 is 10.6 Å². The van der Waals surface area contributed by atoms with Crippen molar-refractivity contribution >= 4 is 5.96 Å². The number of aliphatic imine (C=N–C) groups is 1. The van der Waals surface area contributed by atoms with Gasteiger partial charge in [0.1, 0.15) is 0 Å². The van der Waals surface area contributed by atoms with Crippen molar-refractivity contribution in [3.05, 3.63) is 18.0 Å². The molecule has 1 saturated heterocycles. The second-order valence-electron chi connectivity index (χ2n) is 6.66. The number of hydrogen-bond acceptors (Lipinski definition) is 3. The lowest BCUT2D eigenvalue weighted by molar-refractivity contribution is 0.206. The highest BCUT2D eigenvalue weighted by Crippen LogP contribution is 2.10. The molecule has 1 aromatic rings. The Balaban J connectivity index is 1.72. The normalized spacial score (nSPS) is 17.2. The van der Waals surface area contributed by atoms with Gasteiger partial charge >= 0.3 is 0 Å². The number of guanidine groups is 1. The first-order valence-corrected chi connectivity index (χ1v) is 9.47.